The van der Waals surface area contributed by atoms with Crippen molar-refractivity contribution in [2.75, 3.05) is 26.3 Å². The lowest BCUT2D eigenvalue weighted by molar-refractivity contribution is -0.126. The van der Waals surface area contributed by atoms with Crippen molar-refractivity contribution in [3.05, 3.63) is 33.8 Å². The van der Waals surface area contributed by atoms with Gasteiger partial charge < -0.3 is 20.1 Å². The monoisotopic (exact) mass is 443 g/mol. The second-order valence-corrected chi connectivity index (χ2v) is 8.72. The van der Waals surface area contributed by atoms with Crippen molar-refractivity contribution in [2.45, 2.75) is 45.7 Å². The van der Waals surface area contributed by atoms with E-state index in [-0.39, 0.29) is 29.3 Å². The van der Waals surface area contributed by atoms with Crippen molar-refractivity contribution in [3.8, 4) is 5.88 Å². The Morgan fingerprint density at radius 2 is 2.09 bits per heavy atom. The van der Waals surface area contributed by atoms with Gasteiger partial charge in [-0.2, -0.15) is 9.61 Å². The van der Waals surface area contributed by atoms with E-state index in [1.807, 2.05) is 13.8 Å². The van der Waals surface area contributed by atoms with Gasteiger partial charge in [-0.15, -0.1) is 0 Å². The normalized spacial score (nSPS) is 17.3. The Balaban J connectivity index is 1.73. The van der Waals surface area contributed by atoms with Crippen LogP contribution in [0.15, 0.2) is 17.1 Å². The van der Waals surface area contributed by atoms with Crippen LogP contribution in [-0.4, -0.2) is 68.3 Å². The highest BCUT2D eigenvalue weighted by Crippen LogP contribution is 2.24. The minimum absolute atomic E-state index is 0.0436. The van der Waals surface area contributed by atoms with Crippen LogP contribution in [-0.2, 0) is 16.1 Å². The molecule has 10 nitrogen and oxygen atoms in total. The van der Waals surface area contributed by atoms with Gasteiger partial charge in [0.05, 0.1) is 12.8 Å². The number of nitrogens with zero attached hydrogens (tertiary/aromatic N) is 4. The molecule has 2 amide bonds. The molecule has 10 heteroatoms. The summed E-state index contributed by atoms with van der Waals surface area (Å²) in [4.78, 5) is 40.0. The Kier molecular flexibility index (Phi) is 6.31. The molecule has 2 aromatic rings. The Hall–Kier alpha value is -3.14. The first-order valence-corrected chi connectivity index (χ1v) is 11.1. The zero-order valence-corrected chi connectivity index (χ0v) is 18.4. The molecule has 0 unspecified atom stereocenters. The Bertz CT molecular complexity index is 1100. The van der Waals surface area contributed by atoms with Crippen molar-refractivity contribution in [2.24, 2.45) is 5.92 Å². The summed E-state index contributed by atoms with van der Waals surface area (Å²) in [5.74, 6) is -1.02. The largest absolute Gasteiger partial charge is 0.494 e. The molecule has 32 heavy (non-hydrogen) atoms. The van der Waals surface area contributed by atoms with Gasteiger partial charge in [-0.05, 0) is 31.3 Å². The second kappa shape index (κ2) is 9.15. The summed E-state index contributed by atoms with van der Waals surface area (Å²) < 4.78 is 8.03. The van der Waals surface area contributed by atoms with Crippen LogP contribution in [0.3, 0.4) is 0 Å². The number of nitrogens with one attached hydrogen (secondary N) is 1. The first kappa shape index (κ1) is 22.1. The summed E-state index contributed by atoms with van der Waals surface area (Å²) in [7, 11) is 0. The molecule has 0 spiro atoms. The fourth-order valence-electron chi connectivity index (χ4n) is 3.78. The van der Waals surface area contributed by atoms with Crippen LogP contribution in [0, 0.1) is 5.92 Å². The van der Waals surface area contributed by atoms with E-state index in [1.165, 1.54) is 16.8 Å². The van der Waals surface area contributed by atoms with Gasteiger partial charge in [0.25, 0.3) is 11.5 Å². The molecule has 0 bridgehead atoms. The molecule has 2 N–H and O–H groups in total. The van der Waals surface area contributed by atoms with Gasteiger partial charge in [-0.3, -0.25) is 19.0 Å². The highest BCUT2D eigenvalue weighted by molar-refractivity contribution is 5.97. The van der Waals surface area contributed by atoms with Crippen molar-refractivity contribution in [1.29, 1.82) is 0 Å². The predicted octanol–water partition coefficient (Wildman–Crippen LogP) is 1.01. The van der Waals surface area contributed by atoms with Crippen molar-refractivity contribution >= 4 is 23.5 Å². The summed E-state index contributed by atoms with van der Waals surface area (Å²) in [5.41, 5.74) is -0.158. The van der Waals surface area contributed by atoms with Gasteiger partial charge in [0, 0.05) is 43.9 Å². The molecule has 0 aromatic carbocycles. The molecular formula is C22H29N5O5. The number of aromatic nitrogens is 3. The van der Waals surface area contributed by atoms with Gasteiger partial charge in [-0.1, -0.05) is 13.8 Å². The topological polar surface area (TPSA) is 118 Å². The number of amides is 2. The van der Waals surface area contributed by atoms with Crippen molar-refractivity contribution < 1.29 is 19.4 Å². The van der Waals surface area contributed by atoms with Gasteiger partial charge in [0.15, 0.2) is 5.56 Å². The molecule has 0 radical (unpaired) electrons. The average Bonchev–Trinajstić information content (AvgIpc) is 3.51. The second-order valence-electron chi connectivity index (χ2n) is 8.72. The minimum atomic E-state index is -0.689. The third-order valence-electron chi connectivity index (χ3n) is 5.54. The van der Waals surface area contributed by atoms with E-state index in [4.69, 9.17) is 4.74 Å². The molecule has 3 heterocycles. The number of carbonyl (C=O) groups is 2. The lowest BCUT2D eigenvalue weighted by Crippen LogP contribution is -2.34. The molecule has 1 saturated carbocycles. The first-order valence-electron chi connectivity index (χ1n) is 11.1. The van der Waals surface area contributed by atoms with Crippen molar-refractivity contribution in [1.82, 2.24) is 24.4 Å². The summed E-state index contributed by atoms with van der Waals surface area (Å²) in [6.45, 7) is 6.59. The van der Waals surface area contributed by atoms with E-state index in [2.05, 4.69) is 10.4 Å². The van der Waals surface area contributed by atoms with Crippen LogP contribution < -0.4 is 10.9 Å². The maximum absolute atomic E-state index is 13.0. The highest BCUT2D eigenvalue weighted by atomic mass is 16.5. The third-order valence-corrected chi connectivity index (χ3v) is 5.54. The van der Waals surface area contributed by atoms with E-state index in [1.54, 1.807) is 11.0 Å². The fraction of sp³-hybridized carbons (Fsp3) is 0.545. The molecule has 2 aromatic heterocycles. The Morgan fingerprint density at radius 3 is 2.81 bits per heavy atom. The maximum atomic E-state index is 13.0. The number of aromatic hydroxyl groups is 1. The van der Waals surface area contributed by atoms with E-state index in [9.17, 15) is 19.5 Å². The Labute approximate surface area is 185 Å². The van der Waals surface area contributed by atoms with Crippen LogP contribution >= 0.6 is 0 Å². The van der Waals surface area contributed by atoms with Crippen LogP contribution in [0.5, 0.6) is 5.88 Å². The lowest BCUT2D eigenvalue weighted by atomic mass is 10.2. The van der Waals surface area contributed by atoms with E-state index >= 15 is 0 Å². The zero-order chi connectivity index (χ0) is 22.8. The third kappa shape index (κ3) is 4.55. The lowest BCUT2D eigenvalue weighted by Gasteiger charge is -2.18. The highest BCUT2D eigenvalue weighted by Gasteiger charge is 2.29. The number of hydrogen-bond acceptors (Lipinski definition) is 6. The summed E-state index contributed by atoms with van der Waals surface area (Å²) in [5, 5.41) is 17.8. The van der Waals surface area contributed by atoms with Gasteiger partial charge in [-0.25, -0.2) is 0 Å². The molecule has 4 rings (SSSR count). The SMILES string of the molecule is CC(C)Cn1c(O)c(C(=O)NC2CC2)c(=O)n2ncc(C=CC(=O)N3CCCOCC3)c12. The number of carbonyl (C=O) groups excluding carboxylic acids is 2. The first-order chi connectivity index (χ1) is 15.4. The Morgan fingerprint density at radius 1 is 1.31 bits per heavy atom. The molecule has 1 saturated heterocycles. The standard InChI is InChI=1S/C22H29N5O5/c1-14(2)13-26-20-15(4-7-17(28)25-8-3-10-32-11-9-25)12-23-27(20)22(31)18(21(26)30)19(29)24-16-5-6-16/h4,7,12,14,16,30H,3,5-6,8-11,13H2,1-2H3,(H,24,29). The summed E-state index contributed by atoms with van der Waals surface area (Å²) in [6, 6.07) is 0.0436. The van der Waals surface area contributed by atoms with Crippen LogP contribution in [0.1, 0.15) is 49.0 Å². The quantitative estimate of drug-likeness (QED) is 0.644. The van der Waals surface area contributed by atoms with Gasteiger partial charge >= 0.3 is 0 Å². The van der Waals surface area contributed by atoms with Crippen molar-refractivity contribution in [3.63, 3.8) is 0 Å². The zero-order valence-electron chi connectivity index (χ0n) is 18.4. The molecular weight excluding hydrogens is 414 g/mol. The minimum Gasteiger partial charge on any atom is -0.494 e. The van der Waals surface area contributed by atoms with Crippen LogP contribution in [0.25, 0.3) is 11.7 Å². The van der Waals surface area contributed by atoms with Crippen LogP contribution in [0.2, 0.25) is 0 Å². The van der Waals surface area contributed by atoms with Gasteiger partial charge in [0.2, 0.25) is 11.8 Å². The molecule has 1 aliphatic carbocycles. The van der Waals surface area contributed by atoms with Crippen LogP contribution in [0.4, 0.5) is 0 Å². The number of ether oxygens (including phenoxy) is 1. The molecule has 0 atom stereocenters. The molecule has 2 fully saturated rings. The number of fused-ring (bicyclic) bond motifs is 1. The maximum Gasteiger partial charge on any atom is 0.291 e. The molecule has 172 valence electrons. The van der Waals surface area contributed by atoms with E-state index < -0.39 is 11.5 Å². The number of rotatable bonds is 6. The summed E-state index contributed by atoms with van der Waals surface area (Å²) in [6.07, 6.45) is 7.01. The number of hydrogen-bond donors (Lipinski definition) is 2. The molecule has 2 aliphatic rings. The fourth-order valence-corrected chi connectivity index (χ4v) is 3.78. The smallest absolute Gasteiger partial charge is 0.291 e. The average molecular weight is 444 g/mol. The van der Waals surface area contributed by atoms with Gasteiger partial charge in [0.1, 0.15) is 5.65 Å². The predicted molar refractivity (Wildman–Crippen MR) is 117 cm³/mol. The van der Waals surface area contributed by atoms with E-state index in [0.29, 0.717) is 44.1 Å². The molecule has 1 aliphatic heterocycles. The van der Waals surface area contributed by atoms with E-state index in [0.717, 1.165) is 23.8 Å². The summed E-state index contributed by atoms with van der Waals surface area (Å²) >= 11 is 0.